The highest BCUT2D eigenvalue weighted by Crippen LogP contribution is 2.16. The summed E-state index contributed by atoms with van der Waals surface area (Å²) in [4.78, 5) is 9.44. The lowest BCUT2D eigenvalue weighted by Crippen LogP contribution is -2.51. The van der Waals surface area contributed by atoms with Gasteiger partial charge in [0.1, 0.15) is 5.82 Å². The van der Waals surface area contributed by atoms with Crippen molar-refractivity contribution in [2.45, 2.75) is 46.4 Å². The first-order valence-electron chi connectivity index (χ1n) is 8.04. The van der Waals surface area contributed by atoms with Crippen molar-refractivity contribution in [1.29, 1.82) is 0 Å². The SMILES string of the molecule is CCn1ccnc1CN1CCN(Cc2cc(C)no2)CC1C. The summed E-state index contributed by atoms with van der Waals surface area (Å²) in [6.45, 7) is 12.3. The first-order valence-corrected chi connectivity index (χ1v) is 8.04. The number of rotatable bonds is 5. The van der Waals surface area contributed by atoms with Gasteiger partial charge in [0.15, 0.2) is 5.76 Å². The molecule has 0 N–H and O–H groups in total. The molecule has 0 amide bonds. The van der Waals surface area contributed by atoms with Gasteiger partial charge in [-0.3, -0.25) is 9.80 Å². The molecule has 1 atom stereocenters. The van der Waals surface area contributed by atoms with E-state index in [1.807, 2.05) is 19.2 Å². The molecule has 0 saturated carbocycles. The molecular formula is C16H25N5O. The summed E-state index contributed by atoms with van der Waals surface area (Å²) in [6.07, 6.45) is 3.95. The Morgan fingerprint density at radius 2 is 2.18 bits per heavy atom. The van der Waals surface area contributed by atoms with E-state index in [4.69, 9.17) is 4.52 Å². The second-order valence-electron chi connectivity index (χ2n) is 6.12. The molecule has 1 aliphatic heterocycles. The Morgan fingerprint density at radius 1 is 1.32 bits per heavy atom. The lowest BCUT2D eigenvalue weighted by molar-refractivity contribution is 0.0653. The number of hydrogen-bond donors (Lipinski definition) is 0. The molecule has 3 heterocycles. The van der Waals surface area contributed by atoms with E-state index in [2.05, 4.69) is 44.6 Å². The molecule has 1 aliphatic rings. The minimum atomic E-state index is 0.514. The molecule has 2 aromatic rings. The summed E-state index contributed by atoms with van der Waals surface area (Å²) < 4.78 is 7.54. The standard InChI is InChI=1S/C16H25N5O/c1-4-20-6-5-17-16(20)12-21-8-7-19(10-14(21)3)11-15-9-13(2)18-22-15/h5-6,9,14H,4,7-8,10-12H2,1-3H3. The zero-order chi connectivity index (χ0) is 15.5. The van der Waals surface area contributed by atoms with Gasteiger partial charge in [-0.15, -0.1) is 0 Å². The van der Waals surface area contributed by atoms with E-state index in [1.165, 1.54) is 0 Å². The molecule has 6 heteroatoms. The van der Waals surface area contributed by atoms with E-state index in [-0.39, 0.29) is 0 Å². The molecule has 0 radical (unpaired) electrons. The Hall–Kier alpha value is -1.66. The van der Waals surface area contributed by atoms with Gasteiger partial charge in [0, 0.05) is 50.7 Å². The lowest BCUT2D eigenvalue weighted by Gasteiger charge is -2.39. The normalized spacial score (nSPS) is 20.6. The summed E-state index contributed by atoms with van der Waals surface area (Å²) in [6, 6.07) is 2.54. The molecule has 3 rings (SSSR count). The molecular weight excluding hydrogens is 278 g/mol. The van der Waals surface area contributed by atoms with E-state index in [1.54, 1.807) is 0 Å². The molecule has 0 aromatic carbocycles. The average molecular weight is 303 g/mol. The fourth-order valence-electron chi connectivity index (χ4n) is 3.12. The summed E-state index contributed by atoms with van der Waals surface area (Å²) >= 11 is 0. The Kier molecular flexibility index (Phi) is 4.59. The predicted molar refractivity (Wildman–Crippen MR) is 84.3 cm³/mol. The predicted octanol–water partition coefficient (Wildman–Crippen LogP) is 1.91. The van der Waals surface area contributed by atoms with Crippen LogP contribution in [0.2, 0.25) is 0 Å². The molecule has 6 nitrogen and oxygen atoms in total. The highest BCUT2D eigenvalue weighted by Gasteiger charge is 2.25. The third-order valence-electron chi connectivity index (χ3n) is 4.39. The highest BCUT2D eigenvalue weighted by atomic mass is 16.5. The number of imidazole rings is 1. The van der Waals surface area contributed by atoms with Gasteiger partial charge in [-0.05, 0) is 20.8 Å². The van der Waals surface area contributed by atoms with E-state index in [0.29, 0.717) is 6.04 Å². The van der Waals surface area contributed by atoms with Crippen LogP contribution in [0.5, 0.6) is 0 Å². The number of aryl methyl sites for hydroxylation is 2. The maximum absolute atomic E-state index is 5.33. The third kappa shape index (κ3) is 3.39. The van der Waals surface area contributed by atoms with Crippen LogP contribution in [0.15, 0.2) is 23.0 Å². The van der Waals surface area contributed by atoms with Crippen LogP contribution in [0, 0.1) is 6.92 Å². The van der Waals surface area contributed by atoms with Crippen LogP contribution in [-0.2, 0) is 19.6 Å². The molecule has 22 heavy (non-hydrogen) atoms. The van der Waals surface area contributed by atoms with E-state index in [0.717, 1.165) is 56.5 Å². The van der Waals surface area contributed by atoms with Crippen molar-refractivity contribution in [2.24, 2.45) is 0 Å². The van der Waals surface area contributed by atoms with Crippen LogP contribution >= 0.6 is 0 Å². The third-order valence-corrected chi connectivity index (χ3v) is 4.39. The molecule has 2 aromatic heterocycles. The van der Waals surface area contributed by atoms with Gasteiger partial charge in [0.2, 0.25) is 0 Å². The number of nitrogens with zero attached hydrogens (tertiary/aromatic N) is 5. The zero-order valence-corrected chi connectivity index (χ0v) is 13.7. The number of aromatic nitrogens is 3. The second kappa shape index (κ2) is 6.62. The quantitative estimate of drug-likeness (QED) is 0.844. The Bertz CT molecular complexity index is 605. The minimum absolute atomic E-state index is 0.514. The smallest absolute Gasteiger partial charge is 0.150 e. The minimum Gasteiger partial charge on any atom is -0.360 e. The van der Waals surface area contributed by atoms with Crippen LogP contribution < -0.4 is 0 Å². The van der Waals surface area contributed by atoms with Crippen molar-refractivity contribution in [1.82, 2.24) is 24.5 Å². The first kappa shape index (κ1) is 15.2. The molecule has 120 valence electrons. The van der Waals surface area contributed by atoms with Gasteiger partial charge >= 0.3 is 0 Å². The van der Waals surface area contributed by atoms with Crippen molar-refractivity contribution in [3.05, 3.63) is 35.7 Å². The average Bonchev–Trinajstić information content (AvgIpc) is 3.10. The van der Waals surface area contributed by atoms with Crippen molar-refractivity contribution >= 4 is 0 Å². The van der Waals surface area contributed by atoms with Crippen LogP contribution in [0.1, 0.15) is 31.1 Å². The molecule has 0 bridgehead atoms. The van der Waals surface area contributed by atoms with Gasteiger partial charge in [-0.1, -0.05) is 5.16 Å². The van der Waals surface area contributed by atoms with Crippen molar-refractivity contribution in [3.8, 4) is 0 Å². The monoisotopic (exact) mass is 303 g/mol. The molecule has 0 spiro atoms. The van der Waals surface area contributed by atoms with Crippen LogP contribution in [0.3, 0.4) is 0 Å². The largest absolute Gasteiger partial charge is 0.360 e. The van der Waals surface area contributed by atoms with E-state index in [9.17, 15) is 0 Å². The second-order valence-corrected chi connectivity index (χ2v) is 6.12. The van der Waals surface area contributed by atoms with Gasteiger partial charge in [0.05, 0.1) is 18.8 Å². The summed E-state index contributed by atoms with van der Waals surface area (Å²) in [5.41, 5.74) is 0.952. The zero-order valence-electron chi connectivity index (χ0n) is 13.7. The van der Waals surface area contributed by atoms with E-state index >= 15 is 0 Å². The summed E-state index contributed by atoms with van der Waals surface area (Å²) in [5, 5.41) is 3.96. The van der Waals surface area contributed by atoms with Crippen LogP contribution in [0.25, 0.3) is 0 Å². The molecule has 0 aliphatic carbocycles. The Balaban J connectivity index is 1.56. The Morgan fingerprint density at radius 3 is 2.86 bits per heavy atom. The Labute approximate surface area is 131 Å². The fourth-order valence-corrected chi connectivity index (χ4v) is 3.12. The van der Waals surface area contributed by atoms with Gasteiger partial charge < -0.3 is 9.09 Å². The number of hydrogen-bond acceptors (Lipinski definition) is 5. The molecule has 1 unspecified atom stereocenters. The van der Waals surface area contributed by atoms with Gasteiger partial charge in [-0.25, -0.2) is 4.98 Å². The van der Waals surface area contributed by atoms with E-state index < -0.39 is 0 Å². The molecule has 1 saturated heterocycles. The first-order chi connectivity index (χ1) is 10.7. The van der Waals surface area contributed by atoms with Crippen molar-refractivity contribution in [3.63, 3.8) is 0 Å². The maximum Gasteiger partial charge on any atom is 0.150 e. The summed E-state index contributed by atoms with van der Waals surface area (Å²) in [5.74, 6) is 2.12. The highest BCUT2D eigenvalue weighted by molar-refractivity contribution is 5.03. The van der Waals surface area contributed by atoms with Crippen molar-refractivity contribution in [2.75, 3.05) is 19.6 Å². The number of piperazine rings is 1. The van der Waals surface area contributed by atoms with Gasteiger partial charge in [-0.2, -0.15) is 0 Å². The summed E-state index contributed by atoms with van der Waals surface area (Å²) in [7, 11) is 0. The van der Waals surface area contributed by atoms with Crippen LogP contribution in [0.4, 0.5) is 0 Å². The van der Waals surface area contributed by atoms with Gasteiger partial charge in [0.25, 0.3) is 0 Å². The topological polar surface area (TPSA) is 50.3 Å². The molecule has 1 fully saturated rings. The van der Waals surface area contributed by atoms with Crippen LogP contribution in [-0.4, -0.2) is 50.2 Å². The maximum atomic E-state index is 5.33. The fraction of sp³-hybridized carbons (Fsp3) is 0.625. The lowest BCUT2D eigenvalue weighted by atomic mass is 10.2. The van der Waals surface area contributed by atoms with Crippen molar-refractivity contribution < 1.29 is 4.52 Å².